The number of carbonyl (C=O) groups excluding carboxylic acids is 2. The number of amides is 2. The summed E-state index contributed by atoms with van der Waals surface area (Å²) in [4.78, 5) is 40.8. The maximum absolute atomic E-state index is 14.2. The second kappa shape index (κ2) is 11.2. The third-order valence-corrected chi connectivity index (χ3v) is 8.99. The SMILES string of the molecule is COCCNC(=O)C1CCC2(CC1)N(C)C(=O)c1c(O)c(=O)c(-c3nnc(Cc4ccc(F)cc4F)s3)cn1N2C. The van der Waals surface area contributed by atoms with Gasteiger partial charge in [-0.3, -0.25) is 24.1 Å². The standard InChI is InChI=1S/C27H30F2N6O5S/c1-33-26(39)21-23(37)22(36)18(25-32-31-20(41-25)12-16-4-5-17(28)13-19(16)29)14-35(21)34(2)27(33)8-6-15(7-9-27)24(38)30-10-11-40-3/h4-5,13-15,37H,6-12H2,1-3H3,(H,30,38). The van der Waals surface area contributed by atoms with Crippen LogP contribution in [-0.2, 0) is 16.0 Å². The third-order valence-electron chi connectivity index (χ3n) is 8.04. The predicted octanol–water partition coefficient (Wildman–Crippen LogP) is 2.24. The van der Waals surface area contributed by atoms with Crippen molar-refractivity contribution < 1.29 is 28.2 Å². The predicted molar refractivity (Wildman–Crippen MR) is 146 cm³/mol. The Morgan fingerprint density at radius 2 is 1.95 bits per heavy atom. The average molecular weight is 589 g/mol. The maximum Gasteiger partial charge on any atom is 0.278 e. The maximum atomic E-state index is 14.2. The number of fused-ring (bicyclic) bond motifs is 1. The second-order valence-corrected chi connectivity index (χ2v) is 11.3. The summed E-state index contributed by atoms with van der Waals surface area (Å²) >= 11 is 1.03. The van der Waals surface area contributed by atoms with Gasteiger partial charge in [0.15, 0.2) is 16.5 Å². The fourth-order valence-corrected chi connectivity index (χ4v) is 6.50. The molecule has 2 amide bonds. The van der Waals surface area contributed by atoms with E-state index in [1.165, 1.54) is 21.8 Å². The topological polar surface area (TPSA) is 130 Å². The van der Waals surface area contributed by atoms with Crippen molar-refractivity contribution in [2.75, 3.05) is 39.4 Å². The van der Waals surface area contributed by atoms with Crippen molar-refractivity contribution in [3.63, 3.8) is 0 Å². The second-order valence-electron chi connectivity index (χ2n) is 10.3. The first-order valence-corrected chi connectivity index (χ1v) is 13.9. The van der Waals surface area contributed by atoms with E-state index in [1.54, 1.807) is 26.2 Å². The molecule has 41 heavy (non-hydrogen) atoms. The number of benzene rings is 1. The number of hydrogen-bond acceptors (Lipinski definition) is 9. The van der Waals surface area contributed by atoms with Gasteiger partial charge < -0.3 is 20.1 Å². The molecule has 0 atom stereocenters. The smallest absolute Gasteiger partial charge is 0.278 e. The number of aromatic nitrogens is 3. The number of nitrogens with one attached hydrogen (secondary N) is 1. The zero-order valence-corrected chi connectivity index (χ0v) is 23.6. The molecule has 3 heterocycles. The number of halogens is 2. The van der Waals surface area contributed by atoms with Gasteiger partial charge in [0, 0.05) is 52.4 Å². The summed E-state index contributed by atoms with van der Waals surface area (Å²) in [5.74, 6) is -2.90. The summed E-state index contributed by atoms with van der Waals surface area (Å²) in [5, 5.41) is 24.3. The number of pyridine rings is 1. The fraction of sp³-hybridized carbons (Fsp3) is 0.444. The van der Waals surface area contributed by atoms with Crippen molar-refractivity contribution in [2.45, 2.75) is 37.8 Å². The van der Waals surface area contributed by atoms with Crippen LogP contribution in [-0.4, -0.2) is 76.7 Å². The molecular formula is C27H30F2N6O5S. The molecule has 14 heteroatoms. The first-order chi connectivity index (χ1) is 19.6. The number of methoxy groups -OCH3 is 1. The molecule has 1 spiro atoms. The van der Waals surface area contributed by atoms with Crippen molar-refractivity contribution in [3.8, 4) is 16.3 Å². The lowest BCUT2D eigenvalue weighted by Crippen LogP contribution is -2.69. The van der Waals surface area contributed by atoms with Crippen molar-refractivity contribution in [1.82, 2.24) is 25.1 Å². The molecule has 2 N–H and O–H groups in total. The number of hydrogen-bond donors (Lipinski definition) is 2. The van der Waals surface area contributed by atoms with Crippen LogP contribution in [0.2, 0.25) is 0 Å². The molecule has 1 aromatic carbocycles. The van der Waals surface area contributed by atoms with Gasteiger partial charge in [-0.05, 0) is 37.3 Å². The fourth-order valence-electron chi connectivity index (χ4n) is 5.63. The average Bonchev–Trinajstić information content (AvgIpc) is 3.42. The van der Waals surface area contributed by atoms with E-state index >= 15 is 0 Å². The molecule has 2 aliphatic rings. The Balaban J connectivity index is 1.43. The van der Waals surface area contributed by atoms with E-state index in [4.69, 9.17) is 4.74 Å². The Kier molecular flexibility index (Phi) is 7.79. The highest BCUT2D eigenvalue weighted by Crippen LogP contribution is 2.42. The number of carbonyl (C=O) groups is 2. The lowest BCUT2D eigenvalue weighted by Gasteiger charge is -2.55. The van der Waals surface area contributed by atoms with Gasteiger partial charge in [0.2, 0.25) is 11.3 Å². The van der Waals surface area contributed by atoms with E-state index in [-0.39, 0.29) is 40.1 Å². The van der Waals surface area contributed by atoms with E-state index in [1.807, 2.05) is 0 Å². The minimum absolute atomic E-state index is 0.0279. The molecule has 0 unspecified atom stereocenters. The van der Waals surface area contributed by atoms with Crippen LogP contribution in [0.4, 0.5) is 8.78 Å². The van der Waals surface area contributed by atoms with Crippen molar-refractivity contribution >= 4 is 23.2 Å². The van der Waals surface area contributed by atoms with Crippen LogP contribution in [0.3, 0.4) is 0 Å². The number of rotatable bonds is 7. The molecule has 1 saturated carbocycles. The molecule has 0 radical (unpaired) electrons. The van der Waals surface area contributed by atoms with Crippen LogP contribution in [0.25, 0.3) is 10.6 Å². The van der Waals surface area contributed by atoms with Crippen molar-refractivity contribution in [1.29, 1.82) is 0 Å². The number of aromatic hydroxyl groups is 1. The highest BCUT2D eigenvalue weighted by molar-refractivity contribution is 7.14. The Morgan fingerprint density at radius 3 is 2.63 bits per heavy atom. The number of ether oxygens (including phenoxy) is 1. The van der Waals surface area contributed by atoms with E-state index < -0.39 is 34.4 Å². The Labute approximate surface area is 238 Å². The van der Waals surface area contributed by atoms with Crippen LogP contribution >= 0.6 is 11.3 Å². The van der Waals surface area contributed by atoms with Crippen LogP contribution in [0.15, 0.2) is 29.2 Å². The molecule has 11 nitrogen and oxygen atoms in total. The zero-order chi connectivity index (χ0) is 29.5. The van der Waals surface area contributed by atoms with Gasteiger partial charge in [0.1, 0.15) is 22.3 Å². The van der Waals surface area contributed by atoms with Crippen LogP contribution < -0.4 is 15.8 Å². The lowest BCUT2D eigenvalue weighted by atomic mass is 9.79. The van der Waals surface area contributed by atoms with Gasteiger partial charge in [-0.15, -0.1) is 10.2 Å². The molecule has 0 saturated heterocycles. The quantitative estimate of drug-likeness (QED) is 0.402. The molecule has 0 bridgehead atoms. The van der Waals surface area contributed by atoms with Crippen LogP contribution in [0.1, 0.15) is 46.7 Å². The van der Waals surface area contributed by atoms with Crippen LogP contribution in [0.5, 0.6) is 5.75 Å². The molecule has 3 aromatic rings. The van der Waals surface area contributed by atoms with E-state index in [2.05, 4.69) is 15.5 Å². The first-order valence-electron chi connectivity index (χ1n) is 13.1. The monoisotopic (exact) mass is 588 g/mol. The minimum Gasteiger partial charge on any atom is -0.502 e. The highest BCUT2D eigenvalue weighted by atomic mass is 32.1. The van der Waals surface area contributed by atoms with E-state index in [0.717, 1.165) is 23.5 Å². The normalized spacial score (nSPS) is 20.4. The lowest BCUT2D eigenvalue weighted by molar-refractivity contribution is -0.127. The van der Waals surface area contributed by atoms with Gasteiger partial charge in [-0.25, -0.2) is 8.78 Å². The molecular weight excluding hydrogens is 558 g/mol. The first kappa shape index (κ1) is 28.6. The summed E-state index contributed by atoms with van der Waals surface area (Å²) in [6, 6.07) is 3.25. The molecule has 2 aromatic heterocycles. The summed E-state index contributed by atoms with van der Waals surface area (Å²) < 4.78 is 33.9. The van der Waals surface area contributed by atoms with E-state index in [9.17, 15) is 28.3 Å². The summed E-state index contributed by atoms with van der Waals surface area (Å²) in [6.07, 6.45) is 3.54. The minimum atomic E-state index is -0.793. The summed E-state index contributed by atoms with van der Waals surface area (Å²) in [7, 11) is 4.96. The molecule has 5 rings (SSSR count). The van der Waals surface area contributed by atoms with Gasteiger partial charge in [0.25, 0.3) is 5.91 Å². The number of nitrogens with zero attached hydrogens (tertiary/aromatic N) is 5. The van der Waals surface area contributed by atoms with Gasteiger partial charge in [-0.1, -0.05) is 17.4 Å². The largest absolute Gasteiger partial charge is 0.502 e. The zero-order valence-electron chi connectivity index (χ0n) is 22.8. The van der Waals surface area contributed by atoms with Gasteiger partial charge in [-0.2, -0.15) is 0 Å². The molecule has 1 aliphatic carbocycles. The molecule has 1 aliphatic heterocycles. The third kappa shape index (κ3) is 5.05. The summed E-state index contributed by atoms with van der Waals surface area (Å²) in [5.41, 5.74) is -1.50. The Hall–Kier alpha value is -3.91. The molecule has 218 valence electrons. The Morgan fingerprint density at radius 1 is 1.22 bits per heavy atom. The van der Waals surface area contributed by atoms with Gasteiger partial charge in [0.05, 0.1) is 12.2 Å². The van der Waals surface area contributed by atoms with E-state index in [0.29, 0.717) is 43.8 Å². The summed E-state index contributed by atoms with van der Waals surface area (Å²) in [6.45, 7) is 0.840. The van der Waals surface area contributed by atoms with Crippen LogP contribution in [0, 0.1) is 17.6 Å². The molecule has 1 fully saturated rings. The highest BCUT2D eigenvalue weighted by Gasteiger charge is 2.50. The van der Waals surface area contributed by atoms with Gasteiger partial charge >= 0.3 is 0 Å². The Bertz CT molecular complexity index is 1550. The van der Waals surface area contributed by atoms with Crippen molar-refractivity contribution in [3.05, 3.63) is 62.5 Å². The van der Waals surface area contributed by atoms with Crippen molar-refractivity contribution in [2.24, 2.45) is 5.92 Å².